The van der Waals surface area contributed by atoms with E-state index >= 15 is 0 Å². The third-order valence-corrected chi connectivity index (χ3v) is 4.68. The molecule has 0 aliphatic rings. The summed E-state index contributed by atoms with van der Waals surface area (Å²) in [4.78, 5) is 3.76. The fourth-order valence-corrected chi connectivity index (χ4v) is 3.20. The molecule has 2 aromatic rings. The molecule has 114 valence electrons. The normalized spacial score (nSPS) is 11.1. The third-order valence-electron chi connectivity index (χ3n) is 3.46. The molecule has 0 bridgehead atoms. The number of nitrogens with zero attached hydrogens (tertiary/aromatic N) is 1. The monoisotopic (exact) mass is 322 g/mol. The van der Waals surface area contributed by atoms with Crippen LogP contribution >= 0.6 is 22.9 Å². The SMILES string of the molecule is CCNCc1ccc(N(Cc2cccs2)C(C)C)cc1Cl. The van der Waals surface area contributed by atoms with E-state index in [-0.39, 0.29) is 0 Å². The third kappa shape index (κ3) is 4.47. The second-order valence-electron chi connectivity index (χ2n) is 5.36. The summed E-state index contributed by atoms with van der Waals surface area (Å²) in [5.74, 6) is 0. The van der Waals surface area contributed by atoms with E-state index in [9.17, 15) is 0 Å². The van der Waals surface area contributed by atoms with Crippen molar-refractivity contribution in [2.24, 2.45) is 0 Å². The Morgan fingerprint density at radius 3 is 2.67 bits per heavy atom. The van der Waals surface area contributed by atoms with Gasteiger partial charge in [0.05, 0.1) is 6.54 Å². The molecule has 0 spiro atoms. The van der Waals surface area contributed by atoms with Crippen LogP contribution in [0.15, 0.2) is 35.7 Å². The molecule has 21 heavy (non-hydrogen) atoms. The smallest absolute Gasteiger partial charge is 0.0525 e. The van der Waals surface area contributed by atoms with Crippen molar-refractivity contribution in [1.29, 1.82) is 0 Å². The van der Waals surface area contributed by atoms with E-state index < -0.39 is 0 Å². The predicted octanol–water partition coefficient (Wildman–Crippen LogP) is 4.93. The van der Waals surface area contributed by atoms with Gasteiger partial charge in [0.2, 0.25) is 0 Å². The first-order valence-corrected chi connectivity index (χ1v) is 8.65. The predicted molar refractivity (Wildman–Crippen MR) is 94.5 cm³/mol. The topological polar surface area (TPSA) is 15.3 Å². The highest BCUT2D eigenvalue weighted by molar-refractivity contribution is 7.09. The van der Waals surface area contributed by atoms with Gasteiger partial charge in [0, 0.05) is 28.2 Å². The Labute approximate surface area is 136 Å². The number of nitrogens with one attached hydrogen (secondary N) is 1. The fourth-order valence-electron chi connectivity index (χ4n) is 2.26. The molecule has 0 aliphatic carbocycles. The summed E-state index contributed by atoms with van der Waals surface area (Å²) in [5.41, 5.74) is 2.34. The van der Waals surface area contributed by atoms with Crippen LogP contribution in [0.3, 0.4) is 0 Å². The summed E-state index contributed by atoms with van der Waals surface area (Å²) >= 11 is 8.23. The highest BCUT2D eigenvalue weighted by Crippen LogP contribution is 2.27. The van der Waals surface area contributed by atoms with Crippen LogP contribution in [0.1, 0.15) is 31.2 Å². The molecule has 1 aromatic carbocycles. The van der Waals surface area contributed by atoms with E-state index in [4.69, 9.17) is 11.6 Å². The van der Waals surface area contributed by atoms with Gasteiger partial charge in [0.1, 0.15) is 0 Å². The van der Waals surface area contributed by atoms with Crippen LogP contribution in [0, 0.1) is 0 Å². The number of benzene rings is 1. The first-order chi connectivity index (χ1) is 10.1. The molecule has 0 saturated carbocycles. The summed E-state index contributed by atoms with van der Waals surface area (Å²) in [5, 5.41) is 6.28. The zero-order valence-electron chi connectivity index (χ0n) is 12.9. The van der Waals surface area contributed by atoms with Crippen LogP contribution in [-0.2, 0) is 13.1 Å². The molecule has 1 aromatic heterocycles. The molecular weight excluding hydrogens is 300 g/mol. The lowest BCUT2D eigenvalue weighted by Crippen LogP contribution is -2.29. The van der Waals surface area contributed by atoms with E-state index in [2.05, 4.69) is 66.7 Å². The zero-order chi connectivity index (χ0) is 15.2. The minimum atomic E-state index is 0.433. The van der Waals surface area contributed by atoms with Crippen molar-refractivity contribution >= 4 is 28.6 Å². The van der Waals surface area contributed by atoms with E-state index in [0.717, 1.165) is 30.2 Å². The molecule has 1 N–H and O–H groups in total. The van der Waals surface area contributed by atoms with Gasteiger partial charge in [-0.05, 0) is 49.5 Å². The number of hydrogen-bond acceptors (Lipinski definition) is 3. The maximum atomic E-state index is 6.43. The Kier molecular flexibility index (Phi) is 6.09. The van der Waals surface area contributed by atoms with Crippen molar-refractivity contribution in [3.05, 3.63) is 51.2 Å². The Bertz CT molecular complexity index is 552. The molecule has 0 aliphatic heterocycles. The molecular formula is C17H23ClN2S. The van der Waals surface area contributed by atoms with Gasteiger partial charge in [-0.1, -0.05) is 30.7 Å². The molecule has 0 fully saturated rings. The first-order valence-electron chi connectivity index (χ1n) is 7.40. The molecule has 2 nitrogen and oxygen atoms in total. The Balaban J connectivity index is 2.18. The summed E-state index contributed by atoms with van der Waals surface area (Å²) < 4.78 is 0. The van der Waals surface area contributed by atoms with Crippen molar-refractivity contribution in [2.75, 3.05) is 11.4 Å². The minimum absolute atomic E-state index is 0.433. The van der Waals surface area contributed by atoms with Crippen LogP contribution in [0.2, 0.25) is 5.02 Å². The number of rotatable bonds is 7. The van der Waals surface area contributed by atoms with Gasteiger partial charge in [-0.25, -0.2) is 0 Å². The lowest BCUT2D eigenvalue weighted by molar-refractivity contribution is 0.686. The van der Waals surface area contributed by atoms with Gasteiger partial charge in [-0.15, -0.1) is 11.3 Å². The first kappa shape index (κ1) is 16.3. The summed E-state index contributed by atoms with van der Waals surface area (Å²) in [6.45, 7) is 9.24. The van der Waals surface area contributed by atoms with Crippen LogP contribution in [0.25, 0.3) is 0 Å². The van der Waals surface area contributed by atoms with Crippen molar-refractivity contribution in [3.63, 3.8) is 0 Å². The second-order valence-corrected chi connectivity index (χ2v) is 6.80. The minimum Gasteiger partial charge on any atom is -0.364 e. The van der Waals surface area contributed by atoms with Gasteiger partial charge in [0.15, 0.2) is 0 Å². The van der Waals surface area contributed by atoms with Gasteiger partial charge in [-0.3, -0.25) is 0 Å². The molecule has 4 heteroatoms. The molecule has 0 radical (unpaired) electrons. The molecule has 0 saturated heterocycles. The fraction of sp³-hybridized carbons (Fsp3) is 0.412. The van der Waals surface area contributed by atoms with E-state index in [1.165, 1.54) is 10.6 Å². The van der Waals surface area contributed by atoms with Gasteiger partial charge in [0.25, 0.3) is 0 Å². The highest BCUT2D eigenvalue weighted by Gasteiger charge is 2.13. The number of thiophene rings is 1. The Hall–Kier alpha value is -1.03. The number of halogens is 1. The quantitative estimate of drug-likeness (QED) is 0.777. The Morgan fingerprint density at radius 1 is 1.29 bits per heavy atom. The molecule has 0 amide bonds. The maximum absolute atomic E-state index is 6.43. The molecule has 0 atom stereocenters. The largest absolute Gasteiger partial charge is 0.364 e. The zero-order valence-corrected chi connectivity index (χ0v) is 14.5. The van der Waals surface area contributed by atoms with E-state index in [1.807, 2.05) is 0 Å². The van der Waals surface area contributed by atoms with Crippen molar-refractivity contribution in [2.45, 2.75) is 39.9 Å². The molecule has 2 rings (SSSR count). The van der Waals surface area contributed by atoms with E-state index in [1.54, 1.807) is 11.3 Å². The van der Waals surface area contributed by atoms with Crippen LogP contribution in [-0.4, -0.2) is 12.6 Å². The van der Waals surface area contributed by atoms with Crippen LogP contribution in [0.5, 0.6) is 0 Å². The second kappa shape index (κ2) is 7.83. The van der Waals surface area contributed by atoms with Gasteiger partial charge >= 0.3 is 0 Å². The van der Waals surface area contributed by atoms with Crippen molar-refractivity contribution < 1.29 is 0 Å². The summed E-state index contributed by atoms with van der Waals surface area (Å²) in [6.07, 6.45) is 0. The van der Waals surface area contributed by atoms with Crippen LogP contribution in [0.4, 0.5) is 5.69 Å². The lowest BCUT2D eigenvalue weighted by atomic mass is 10.1. The maximum Gasteiger partial charge on any atom is 0.0525 e. The van der Waals surface area contributed by atoms with Gasteiger partial charge in [-0.2, -0.15) is 0 Å². The number of anilines is 1. The van der Waals surface area contributed by atoms with Crippen molar-refractivity contribution in [1.82, 2.24) is 5.32 Å². The summed E-state index contributed by atoms with van der Waals surface area (Å²) in [7, 11) is 0. The molecule has 0 unspecified atom stereocenters. The average molecular weight is 323 g/mol. The highest BCUT2D eigenvalue weighted by atomic mass is 35.5. The van der Waals surface area contributed by atoms with E-state index in [0.29, 0.717) is 6.04 Å². The lowest BCUT2D eigenvalue weighted by Gasteiger charge is -2.29. The van der Waals surface area contributed by atoms with Gasteiger partial charge < -0.3 is 10.2 Å². The van der Waals surface area contributed by atoms with Crippen LogP contribution < -0.4 is 10.2 Å². The Morgan fingerprint density at radius 2 is 2.10 bits per heavy atom. The standard InChI is InChI=1S/C17H23ClN2S/c1-4-19-11-14-7-8-15(10-17(14)18)20(13(2)3)12-16-6-5-9-21-16/h5-10,13,19H,4,11-12H2,1-3H3. The number of hydrogen-bond donors (Lipinski definition) is 1. The average Bonchev–Trinajstić information content (AvgIpc) is 2.96. The van der Waals surface area contributed by atoms with Crippen molar-refractivity contribution in [3.8, 4) is 0 Å². The molecule has 1 heterocycles. The summed E-state index contributed by atoms with van der Waals surface area (Å²) in [6, 6.07) is 11.1.